The maximum Gasteiger partial charge on any atom is 0.338 e. The standard InChI is InChI=1S/C19H27N3O6S2/c1-13(2)17(22-6-4-5-15(22)23)18(24)20-7-9-21(10-8-20)30(26,27)16-11-14(12-29-16)19(25)28-3/h11-13,17H,4-10H2,1-3H3. The second kappa shape index (κ2) is 9.03. The Morgan fingerprint density at radius 1 is 1.13 bits per heavy atom. The van der Waals surface area contributed by atoms with E-state index in [0.717, 1.165) is 17.8 Å². The first kappa shape index (κ1) is 22.7. The molecular weight excluding hydrogens is 430 g/mol. The molecule has 166 valence electrons. The third-order valence-electron chi connectivity index (χ3n) is 5.47. The number of nitrogens with zero attached hydrogens (tertiary/aromatic N) is 3. The van der Waals surface area contributed by atoms with Crippen molar-refractivity contribution in [2.45, 2.75) is 36.9 Å². The van der Waals surface area contributed by atoms with Crippen molar-refractivity contribution in [2.75, 3.05) is 39.8 Å². The predicted molar refractivity (Wildman–Crippen MR) is 111 cm³/mol. The van der Waals surface area contributed by atoms with Gasteiger partial charge in [0.2, 0.25) is 11.8 Å². The molecule has 1 aromatic heterocycles. The Kier molecular flexibility index (Phi) is 6.83. The summed E-state index contributed by atoms with van der Waals surface area (Å²) in [4.78, 5) is 40.2. The van der Waals surface area contributed by atoms with E-state index in [-0.39, 0.29) is 53.7 Å². The summed E-state index contributed by atoms with van der Waals surface area (Å²) in [6.45, 7) is 5.28. The van der Waals surface area contributed by atoms with Crippen molar-refractivity contribution in [1.82, 2.24) is 14.1 Å². The quantitative estimate of drug-likeness (QED) is 0.591. The number of rotatable bonds is 6. The van der Waals surface area contributed by atoms with Gasteiger partial charge in [0, 0.05) is 44.5 Å². The monoisotopic (exact) mass is 457 g/mol. The Morgan fingerprint density at radius 3 is 2.33 bits per heavy atom. The maximum atomic E-state index is 13.1. The minimum absolute atomic E-state index is 0.00219. The van der Waals surface area contributed by atoms with Gasteiger partial charge in [0.15, 0.2) is 0 Å². The number of likely N-dealkylation sites (tertiary alicyclic amines) is 1. The molecule has 2 saturated heterocycles. The molecule has 0 saturated carbocycles. The number of hydrogen-bond donors (Lipinski definition) is 0. The van der Waals surface area contributed by atoms with E-state index in [2.05, 4.69) is 4.74 Å². The van der Waals surface area contributed by atoms with Gasteiger partial charge in [-0.3, -0.25) is 9.59 Å². The third kappa shape index (κ3) is 4.37. The molecule has 0 radical (unpaired) electrons. The predicted octanol–water partition coefficient (Wildman–Crippen LogP) is 1.01. The van der Waals surface area contributed by atoms with Crippen LogP contribution in [0.1, 0.15) is 37.0 Å². The molecule has 9 nitrogen and oxygen atoms in total. The Labute approximate surface area is 180 Å². The maximum absolute atomic E-state index is 13.1. The van der Waals surface area contributed by atoms with E-state index in [4.69, 9.17) is 0 Å². The molecule has 2 fully saturated rings. The molecule has 1 atom stereocenters. The molecule has 2 amide bonds. The van der Waals surface area contributed by atoms with Gasteiger partial charge in [0.1, 0.15) is 10.3 Å². The lowest BCUT2D eigenvalue weighted by atomic mass is 10.0. The highest BCUT2D eigenvalue weighted by atomic mass is 32.2. The number of carbonyl (C=O) groups is 3. The van der Waals surface area contributed by atoms with Gasteiger partial charge in [-0.2, -0.15) is 4.31 Å². The van der Waals surface area contributed by atoms with Crippen LogP contribution in [-0.4, -0.2) is 86.2 Å². The zero-order valence-electron chi connectivity index (χ0n) is 17.4. The number of thiophene rings is 1. The third-order valence-corrected chi connectivity index (χ3v) is 8.79. The van der Waals surface area contributed by atoms with Gasteiger partial charge < -0.3 is 14.5 Å². The van der Waals surface area contributed by atoms with Crippen LogP contribution in [0.3, 0.4) is 0 Å². The van der Waals surface area contributed by atoms with Gasteiger partial charge in [0.05, 0.1) is 12.7 Å². The number of piperazine rings is 1. The summed E-state index contributed by atoms with van der Waals surface area (Å²) < 4.78 is 31.8. The molecule has 30 heavy (non-hydrogen) atoms. The van der Waals surface area contributed by atoms with Gasteiger partial charge in [-0.05, 0) is 18.4 Å². The molecule has 2 aliphatic heterocycles. The molecule has 3 rings (SSSR count). The van der Waals surface area contributed by atoms with Gasteiger partial charge in [-0.1, -0.05) is 13.8 Å². The molecule has 0 spiro atoms. The van der Waals surface area contributed by atoms with E-state index < -0.39 is 22.0 Å². The van der Waals surface area contributed by atoms with Crippen LogP contribution < -0.4 is 0 Å². The molecule has 1 unspecified atom stereocenters. The fraction of sp³-hybridized carbons (Fsp3) is 0.632. The summed E-state index contributed by atoms with van der Waals surface area (Å²) in [5.74, 6) is -0.729. The number of sulfonamides is 1. The van der Waals surface area contributed by atoms with E-state index in [0.29, 0.717) is 13.0 Å². The van der Waals surface area contributed by atoms with E-state index in [1.807, 2.05) is 13.8 Å². The number of carbonyl (C=O) groups excluding carboxylic acids is 3. The summed E-state index contributed by atoms with van der Waals surface area (Å²) in [6.07, 6.45) is 1.23. The molecule has 11 heteroatoms. The SMILES string of the molecule is COC(=O)c1csc(S(=O)(=O)N2CCN(C(=O)C(C(C)C)N3CCCC3=O)CC2)c1. The van der Waals surface area contributed by atoms with Crippen molar-refractivity contribution in [2.24, 2.45) is 5.92 Å². The number of amides is 2. The number of methoxy groups -OCH3 is 1. The minimum atomic E-state index is -3.75. The lowest BCUT2D eigenvalue weighted by Crippen LogP contribution is -2.57. The van der Waals surface area contributed by atoms with Gasteiger partial charge in [-0.25, -0.2) is 13.2 Å². The van der Waals surface area contributed by atoms with Crippen LogP contribution >= 0.6 is 11.3 Å². The molecule has 1 aromatic rings. The van der Waals surface area contributed by atoms with Crippen molar-refractivity contribution in [1.29, 1.82) is 0 Å². The van der Waals surface area contributed by atoms with E-state index >= 15 is 0 Å². The molecule has 0 N–H and O–H groups in total. The molecule has 3 heterocycles. The van der Waals surface area contributed by atoms with Gasteiger partial charge in [0.25, 0.3) is 10.0 Å². The lowest BCUT2D eigenvalue weighted by molar-refractivity contribution is -0.146. The largest absolute Gasteiger partial charge is 0.465 e. The van der Waals surface area contributed by atoms with Gasteiger partial charge >= 0.3 is 5.97 Å². The fourth-order valence-corrected chi connectivity index (χ4v) is 6.61. The summed E-state index contributed by atoms with van der Waals surface area (Å²) in [7, 11) is -2.51. The van der Waals surface area contributed by atoms with E-state index in [1.165, 1.54) is 22.9 Å². The second-order valence-electron chi connectivity index (χ2n) is 7.75. The van der Waals surface area contributed by atoms with Crippen molar-refractivity contribution in [3.8, 4) is 0 Å². The van der Waals surface area contributed by atoms with Crippen LogP contribution in [-0.2, 0) is 24.3 Å². The molecule has 0 aliphatic carbocycles. The smallest absolute Gasteiger partial charge is 0.338 e. The topological polar surface area (TPSA) is 104 Å². The first-order valence-corrected chi connectivity index (χ1v) is 12.2. The number of ether oxygens (including phenoxy) is 1. The highest BCUT2D eigenvalue weighted by Crippen LogP contribution is 2.26. The van der Waals surface area contributed by atoms with Crippen LogP contribution in [0.2, 0.25) is 0 Å². The highest BCUT2D eigenvalue weighted by Gasteiger charge is 2.39. The van der Waals surface area contributed by atoms with Crippen molar-refractivity contribution in [3.63, 3.8) is 0 Å². The second-order valence-corrected chi connectivity index (χ2v) is 10.8. The average molecular weight is 458 g/mol. The normalized spacial score (nSPS) is 19.4. The molecule has 0 bridgehead atoms. The van der Waals surface area contributed by atoms with E-state index in [1.54, 1.807) is 9.80 Å². The summed E-state index contributed by atoms with van der Waals surface area (Å²) in [5, 5.41) is 1.46. The van der Waals surface area contributed by atoms with Crippen LogP contribution in [0.4, 0.5) is 0 Å². The Balaban J connectivity index is 1.67. The Morgan fingerprint density at radius 2 is 1.80 bits per heavy atom. The minimum Gasteiger partial charge on any atom is -0.465 e. The number of esters is 1. The lowest BCUT2D eigenvalue weighted by Gasteiger charge is -2.38. The highest BCUT2D eigenvalue weighted by molar-refractivity contribution is 7.91. The Hall–Kier alpha value is -1.98. The van der Waals surface area contributed by atoms with Crippen molar-refractivity contribution >= 4 is 39.1 Å². The van der Waals surface area contributed by atoms with Crippen LogP contribution in [0.25, 0.3) is 0 Å². The zero-order chi connectivity index (χ0) is 22.1. The van der Waals surface area contributed by atoms with Crippen molar-refractivity contribution in [3.05, 3.63) is 17.0 Å². The van der Waals surface area contributed by atoms with Crippen molar-refractivity contribution < 1.29 is 27.5 Å². The average Bonchev–Trinajstić information content (AvgIpc) is 3.37. The number of hydrogen-bond acceptors (Lipinski definition) is 7. The van der Waals surface area contributed by atoms with E-state index in [9.17, 15) is 22.8 Å². The Bertz CT molecular complexity index is 918. The molecular formula is C19H27N3O6S2. The molecule has 2 aliphatic rings. The zero-order valence-corrected chi connectivity index (χ0v) is 19.0. The summed E-state index contributed by atoms with van der Waals surface area (Å²) in [5.41, 5.74) is 0.199. The van der Waals surface area contributed by atoms with Crippen LogP contribution in [0.15, 0.2) is 15.7 Å². The summed E-state index contributed by atoms with van der Waals surface area (Å²) >= 11 is 0.972. The summed E-state index contributed by atoms with van der Waals surface area (Å²) in [6, 6.07) is 0.806. The first-order valence-electron chi connectivity index (χ1n) is 9.92. The van der Waals surface area contributed by atoms with Gasteiger partial charge in [-0.15, -0.1) is 11.3 Å². The fourth-order valence-electron chi connectivity index (χ4n) is 3.88. The molecule has 0 aromatic carbocycles. The van der Waals surface area contributed by atoms with Crippen LogP contribution in [0.5, 0.6) is 0 Å². The van der Waals surface area contributed by atoms with Crippen LogP contribution in [0, 0.1) is 5.92 Å². The first-order chi connectivity index (χ1) is 14.2.